The Balaban J connectivity index is -0.000000320. The Morgan fingerprint density at radius 3 is 1.82 bits per heavy atom. The summed E-state index contributed by atoms with van der Waals surface area (Å²) in [6, 6.07) is 0. The molecule has 0 saturated heterocycles. The fourth-order valence-electron chi connectivity index (χ4n) is 0.241. The molecular weight excluding hydrogens is 348 g/mol. The standard InChI is InChI=1S/C4H6O5.Au.Na/c5-2(4(8)9)1-3(6)7;;/h2,5H,1H2,(H,6,7)(H,8,9);;/q;2*+1/p-2. The zero-order valence-corrected chi connectivity index (χ0v) is 9.83. The van der Waals surface area contributed by atoms with Crippen molar-refractivity contribution in [2.75, 3.05) is 0 Å². The van der Waals surface area contributed by atoms with Crippen molar-refractivity contribution in [3.8, 4) is 0 Å². The molecule has 0 aliphatic carbocycles. The second kappa shape index (κ2) is 8.73. The molecule has 1 atom stereocenters. The predicted molar refractivity (Wildman–Crippen MR) is 20.6 cm³/mol. The number of carboxylic acid groups (broad SMARTS) is 2. The van der Waals surface area contributed by atoms with Crippen LogP contribution in [0.25, 0.3) is 0 Å². The minimum Gasteiger partial charge on any atom is -0.550 e. The molecule has 0 aromatic carbocycles. The van der Waals surface area contributed by atoms with Gasteiger partial charge in [-0.3, -0.25) is 0 Å². The molecule has 11 heavy (non-hydrogen) atoms. The molecule has 62 valence electrons. The third-order valence-electron chi connectivity index (χ3n) is 0.632. The van der Waals surface area contributed by atoms with Crippen molar-refractivity contribution in [1.82, 2.24) is 0 Å². The first-order valence-electron chi connectivity index (χ1n) is 2.13. The minimum absolute atomic E-state index is 0. The van der Waals surface area contributed by atoms with Gasteiger partial charge in [-0.1, -0.05) is 0 Å². The monoisotopic (exact) mass is 352 g/mol. The van der Waals surface area contributed by atoms with Crippen LogP contribution in [0.3, 0.4) is 0 Å². The van der Waals surface area contributed by atoms with E-state index in [9.17, 15) is 19.8 Å². The molecular formula is C4H4AuNaO5. The summed E-state index contributed by atoms with van der Waals surface area (Å²) in [5, 5.41) is 27.3. The molecule has 1 unspecified atom stereocenters. The van der Waals surface area contributed by atoms with Crippen LogP contribution in [0.5, 0.6) is 0 Å². The molecule has 0 aliphatic heterocycles. The first kappa shape index (κ1) is 17.7. The van der Waals surface area contributed by atoms with Crippen LogP contribution in [0.2, 0.25) is 0 Å². The number of hydrogen-bond acceptors (Lipinski definition) is 5. The summed E-state index contributed by atoms with van der Waals surface area (Å²) in [4.78, 5) is 19.1. The second-order valence-electron chi connectivity index (χ2n) is 1.41. The topological polar surface area (TPSA) is 100 Å². The van der Waals surface area contributed by atoms with Gasteiger partial charge in [0.2, 0.25) is 0 Å². The van der Waals surface area contributed by atoms with Gasteiger partial charge in [0, 0.05) is 12.4 Å². The summed E-state index contributed by atoms with van der Waals surface area (Å²) in [7, 11) is 0. The zero-order chi connectivity index (χ0) is 7.44. The average molecular weight is 352 g/mol. The first-order valence-corrected chi connectivity index (χ1v) is 2.13. The summed E-state index contributed by atoms with van der Waals surface area (Å²) in [6.45, 7) is 0. The number of aliphatic carboxylic acids is 2. The van der Waals surface area contributed by atoms with Crippen molar-refractivity contribution in [2.24, 2.45) is 0 Å². The zero-order valence-electron chi connectivity index (χ0n) is 5.67. The van der Waals surface area contributed by atoms with Crippen molar-refractivity contribution in [3.63, 3.8) is 0 Å². The van der Waals surface area contributed by atoms with E-state index in [1.165, 1.54) is 0 Å². The van der Waals surface area contributed by atoms with E-state index in [-0.39, 0.29) is 51.9 Å². The molecule has 1 N–H and O–H groups in total. The Labute approximate surface area is 101 Å². The summed E-state index contributed by atoms with van der Waals surface area (Å²) in [5.41, 5.74) is 0. The van der Waals surface area contributed by atoms with Crippen molar-refractivity contribution in [1.29, 1.82) is 0 Å². The Bertz CT molecular complexity index is 138. The van der Waals surface area contributed by atoms with Crippen LogP contribution in [-0.4, -0.2) is 23.1 Å². The van der Waals surface area contributed by atoms with Crippen LogP contribution in [0, 0.1) is 0 Å². The van der Waals surface area contributed by atoms with Gasteiger partial charge in [0.15, 0.2) is 0 Å². The number of hydrogen-bond donors (Lipinski definition) is 1. The molecule has 0 bridgehead atoms. The van der Waals surface area contributed by atoms with E-state index in [2.05, 4.69) is 0 Å². The molecule has 5 nitrogen and oxygen atoms in total. The van der Waals surface area contributed by atoms with Gasteiger partial charge in [0.25, 0.3) is 0 Å². The van der Waals surface area contributed by atoms with E-state index in [1.54, 1.807) is 0 Å². The van der Waals surface area contributed by atoms with Crippen molar-refractivity contribution in [2.45, 2.75) is 12.5 Å². The number of carbonyl (C=O) groups excluding carboxylic acids is 2. The molecule has 0 aromatic heterocycles. The largest absolute Gasteiger partial charge is 1.00 e. The molecule has 7 heteroatoms. The van der Waals surface area contributed by atoms with Gasteiger partial charge in [-0.05, 0) is 0 Å². The summed E-state index contributed by atoms with van der Waals surface area (Å²) >= 11 is 0. The van der Waals surface area contributed by atoms with Crippen LogP contribution in [0.15, 0.2) is 0 Å². The second-order valence-corrected chi connectivity index (χ2v) is 1.41. The Kier molecular flexibility index (Phi) is 14.0. The third-order valence-corrected chi connectivity index (χ3v) is 0.632. The number of carboxylic acids is 2. The third kappa shape index (κ3) is 10.6. The van der Waals surface area contributed by atoms with Gasteiger partial charge in [-0.2, -0.15) is 0 Å². The first-order chi connectivity index (χ1) is 4.04. The fourth-order valence-corrected chi connectivity index (χ4v) is 0.241. The van der Waals surface area contributed by atoms with Crippen LogP contribution in [-0.2, 0) is 32.0 Å². The van der Waals surface area contributed by atoms with E-state index in [0.717, 1.165) is 0 Å². The molecule has 0 spiro atoms. The van der Waals surface area contributed by atoms with E-state index >= 15 is 0 Å². The Hall–Kier alpha value is 0.640. The van der Waals surface area contributed by atoms with E-state index in [1.807, 2.05) is 0 Å². The van der Waals surface area contributed by atoms with Gasteiger partial charge >= 0.3 is 51.9 Å². The van der Waals surface area contributed by atoms with E-state index in [4.69, 9.17) is 5.11 Å². The van der Waals surface area contributed by atoms with Gasteiger partial charge in [-0.25, -0.2) is 0 Å². The van der Waals surface area contributed by atoms with Crippen LogP contribution >= 0.6 is 0 Å². The van der Waals surface area contributed by atoms with Gasteiger partial charge in [0.05, 0.1) is 12.1 Å². The number of aliphatic hydroxyl groups is 1. The SMILES string of the molecule is O=C([O-])CC(O)C(=O)[O-].[Au+].[Na+]. The maximum atomic E-state index is 9.58. The molecule has 0 aromatic rings. The Morgan fingerprint density at radius 2 is 1.73 bits per heavy atom. The molecule has 0 fully saturated rings. The summed E-state index contributed by atoms with van der Waals surface area (Å²) < 4.78 is 0. The quantitative estimate of drug-likeness (QED) is 0.509. The van der Waals surface area contributed by atoms with Crippen LogP contribution < -0.4 is 39.8 Å². The Morgan fingerprint density at radius 1 is 1.36 bits per heavy atom. The van der Waals surface area contributed by atoms with Crippen molar-refractivity contribution < 1.29 is 76.8 Å². The molecule has 0 saturated carbocycles. The van der Waals surface area contributed by atoms with Gasteiger partial charge in [0.1, 0.15) is 0 Å². The van der Waals surface area contributed by atoms with Crippen molar-refractivity contribution >= 4 is 11.9 Å². The molecule has 0 rings (SSSR count). The molecule has 0 aliphatic rings. The number of rotatable bonds is 3. The van der Waals surface area contributed by atoms with Crippen molar-refractivity contribution in [3.05, 3.63) is 0 Å². The van der Waals surface area contributed by atoms with Gasteiger partial charge in [-0.15, -0.1) is 0 Å². The smallest absolute Gasteiger partial charge is 0.550 e. The molecule has 0 radical (unpaired) electrons. The minimum atomic E-state index is -1.96. The molecule has 0 amide bonds. The summed E-state index contributed by atoms with van der Waals surface area (Å²) in [6.07, 6.45) is -2.89. The summed E-state index contributed by atoms with van der Waals surface area (Å²) in [5.74, 6) is -3.43. The normalized spacial score (nSPS) is 10.3. The van der Waals surface area contributed by atoms with E-state index < -0.39 is 24.5 Å². The average Bonchev–Trinajstić information content (AvgIpc) is 1.63. The predicted octanol–water partition coefficient (Wildman–Crippen LogP) is -6.76. The maximum absolute atomic E-state index is 9.58. The maximum Gasteiger partial charge on any atom is 1.00 e. The van der Waals surface area contributed by atoms with Gasteiger partial charge < -0.3 is 24.9 Å². The number of carbonyl (C=O) groups is 2. The molecule has 0 heterocycles. The van der Waals surface area contributed by atoms with Crippen LogP contribution in [0.4, 0.5) is 0 Å². The van der Waals surface area contributed by atoms with Crippen LogP contribution in [0.1, 0.15) is 6.42 Å². The van der Waals surface area contributed by atoms with E-state index in [0.29, 0.717) is 0 Å². The number of aliphatic hydroxyl groups excluding tert-OH is 1. The fraction of sp³-hybridized carbons (Fsp3) is 0.500.